The van der Waals surface area contributed by atoms with Crippen LogP contribution in [0, 0.1) is 18.6 Å². The average molecular weight is 512 g/mol. The van der Waals surface area contributed by atoms with Crippen molar-refractivity contribution in [2.24, 2.45) is 0 Å². The summed E-state index contributed by atoms with van der Waals surface area (Å²) in [6.07, 6.45) is 0. The summed E-state index contributed by atoms with van der Waals surface area (Å²) in [5.74, 6) is -0.575. The van der Waals surface area contributed by atoms with Gasteiger partial charge in [0.05, 0.1) is 30.1 Å². The molecule has 0 bridgehead atoms. The Bertz CT molecular complexity index is 1340. The van der Waals surface area contributed by atoms with E-state index in [2.05, 4.69) is 5.10 Å². The van der Waals surface area contributed by atoms with E-state index >= 15 is 0 Å². The van der Waals surface area contributed by atoms with Crippen molar-refractivity contribution in [1.29, 1.82) is 0 Å². The molecular formula is C27H24ClF2N3O3. The number of rotatable bonds is 9. The highest BCUT2D eigenvalue weighted by atomic mass is 35.5. The zero-order valence-corrected chi connectivity index (χ0v) is 20.5. The molecule has 0 N–H and O–H groups in total. The van der Waals surface area contributed by atoms with Crippen LogP contribution in [0.2, 0.25) is 5.02 Å². The van der Waals surface area contributed by atoms with Gasteiger partial charge in [-0.3, -0.25) is 4.79 Å². The van der Waals surface area contributed by atoms with Crippen molar-refractivity contribution in [2.45, 2.75) is 13.5 Å². The Morgan fingerprint density at radius 1 is 1.03 bits per heavy atom. The molecule has 6 nitrogen and oxygen atoms in total. The van der Waals surface area contributed by atoms with E-state index < -0.39 is 11.6 Å². The van der Waals surface area contributed by atoms with E-state index in [0.29, 0.717) is 33.4 Å². The van der Waals surface area contributed by atoms with Gasteiger partial charge in [0.15, 0.2) is 0 Å². The molecule has 0 aliphatic heterocycles. The number of ether oxygens (including phenoxy) is 2. The molecule has 0 aliphatic carbocycles. The number of hydrogen-bond acceptors (Lipinski definition) is 4. The van der Waals surface area contributed by atoms with Crippen LogP contribution in [-0.4, -0.2) is 40.8 Å². The predicted molar refractivity (Wildman–Crippen MR) is 133 cm³/mol. The van der Waals surface area contributed by atoms with Gasteiger partial charge in [0.2, 0.25) is 5.88 Å². The largest absolute Gasteiger partial charge is 0.438 e. The summed E-state index contributed by atoms with van der Waals surface area (Å²) in [6.45, 7) is 2.50. The van der Waals surface area contributed by atoms with Gasteiger partial charge in [0.25, 0.3) is 5.91 Å². The van der Waals surface area contributed by atoms with Gasteiger partial charge >= 0.3 is 0 Å². The van der Waals surface area contributed by atoms with E-state index in [4.69, 9.17) is 21.1 Å². The van der Waals surface area contributed by atoms with Crippen molar-refractivity contribution in [3.63, 3.8) is 0 Å². The maximum atomic E-state index is 13.9. The minimum Gasteiger partial charge on any atom is -0.438 e. The summed E-state index contributed by atoms with van der Waals surface area (Å²) in [4.78, 5) is 14.9. The van der Waals surface area contributed by atoms with Gasteiger partial charge in [-0.05, 0) is 67.6 Å². The first kappa shape index (κ1) is 25.3. The Hall–Kier alpha value is -3.75. The molecule has 0 spiro atoms. The predicted octanol–water partition coefficient (Wildman–Crippen LogP) is 6.19. The molecule has 9 heteroatoms. The SMILES string of the molecule is COCCN(Cc1c(C)nn(-c2ccc(Cl)cc2)c1Oc1cccc(F)c1)C(=O)c1ccc(F)cc1. The smallest absolute Gasteiger partial charge is 0.254 e. The Morgan fingerprint density at radius 2 is 1.75 bits per heavy atom. The lowest BCUT2D eigenvalue weighted by atomic mass is 10.1. The molecule has 1 heterocycles. The zero-order chi connectivity index (χ0) is 25.7. The van der Waals surface area contributed by atoms with Crippen LogP contribution >= 0.6 is 11.6 Å². The first-order chi connectivity index (χ1) is 17.4. The number of halogens is 3. The summed E-state index contributed by atoms with van der Waals surface area (Å²) in [6, 6.07) is 18.1. The molecule has 3 aromatic carbocycles. The molecule has 0 fully saturated rings. The number of carbonyl (C=O) groups excluding carboxylic acids is 1. The van der Waals surface area contributed by atoms with E-state index in [0.717, 1.165) is 0 Å². The molecule has 1 aromatic heterocycles. The van der Waals surface area contributed by atoms with Crippen LogP contribution in [0.15, 0.2) is 72.8 Å². The fraction of sp³-hybridized carbons (Fsp3) is 0.185. The highest BCUT2D eigenvalue weighted by Crippen LogP contribution is 2.32. The molecule has 36 heavy (non-hydrogen) atoms. The molecule has 0 saturated heterocycles. The van der Waals surface area contributed by atoms with Gasteiger partial charge in [0, 0.05) is 30.3 Å². The van der Waals surface area contributed by atoms with Gasteiger partial charge < -0.3 is 14.4 Å². The van der Waals surface area contributed by atoms with Gasteiger partial charge in [-0.25, -0.2) is 13.5 Å². The molecule has 0 atom stereocenters. The van der Waals surface area contributed by atoms with Crippen molar-refractivity contribution < 1.29 is 23.0 Å². The quantitative estimate of drug-likeness (QED) is 0.269. The van der Waals surface area contributed by atoms with Crippen molar-refractivity contribution >= 4 is 17.5 Å². The number of benzene rings is 3. The van der Waals surface area contributed by atoms with Crippen LogP contribution < -0.4 is 4.74 Å². The van der Waals surface area contributed by atoms with Crippen LogP contribution in [-0.2, 0) is 11.3 Å². The third kappa shape index (κ3) is 5.90. The van der Waals surface area contributed by atoms with Crippen LogP contribution in [0.3, 0.4) is 0 Å². The zero-order valence-electron chi connectivity index (χ0n) is 19.7. The fourth-order valence-electron chi connectivity index (χ4n) is 3.64. The highest BCUT2D eigenvalue weighted by molar-refractivity contribution is 6.30. The first-order valence-corrected chi connectivity index (χ1v) is 11.5. The molecule has 0 radical (unpaired) electrons. The molecule has 1 amide bonds. The number of nitrogens with zero attached hydrogens (tertiary/aromatic N) is 3. The lowest BCUT2D eigenvalue weighted by Crippen LogP contribution is -2.33. The minimum atomic E-state index is -0.448. The van der Waals surface area contributed by atoms with Crippen LogP contribution in [0.25, 0.3) is 5.69 Å². The molecule has 4 aromatic rings. The van der Waals surface area contributed by atoms with E-state index in [1.54, 1.807) is 60.0 Å². The molecule has 0 saturated carbocycles. The summed E-state index contributed by atoms with van der Waals surface area (Å²) in [7, 11) is 1.54. The number of hydrogen-bond donors (Lipinski definition) is 0. The molecular weight excluding hydrogens is 488 g/mol. The summed E-state index contributed by atoms with van der Waals surface area (Å²) in [5, 5.41) is 5.20. The highest BCUT2D eigenvalue weighted by Gasteiger charge is 2.24. The van der Waals surface area contributed by atoms with E-state index in [1.165, 1.54) is 36.4 Å². The third-order valence-electron chi connectivity index (χ3n) is 5.51. The van der Waals surface area contributed by atoms with E-state index in [-0.39, 0.29) is 31.4 Å². The Kier molecular flexibility index (Phi) is 7.97. The Morgan fingerprint density at radius 3 is 2.42 bits per heavy atom. The summed E-state index contributed by atoms with van der Waals surface area (Å²) < 4.78 is 40.3. The Balaban J connectivity index is 1.76. The second-order valence-electron chi connectivity index (χ2n) is 8.04. The first-order valence-electron chi connectivity index (χ1n) is 11.2. The van der Waals surface area contributed by atoms with E-state index in [1.807, 2.05) is 0 Å². The molecule has 186 valence electrons. The van der Waals surface area contributed by atoms with Gasteiger partial charge in [-0.15, -0.1) is 0 Å². The molecule has 0 unspecified atom stereocenters. The lowest BCUT2D eigenvalue weighted by molar-refractivity contribution is 0.0679. The van der Waals surface area contributed by atoms with Crippen molar-refractivity contribution in [2.75, 3.05) is 20.3 Å². The maximum Gasteiger partial charge on any atom is 0.254 e. The topological polar surface area (TPSA) is 56.6 Å². The van der Waals surface area contributed by atoms with Crippen LogP contribution in [0.5, 0.6) is 11.6 Å². The minimum absolute atomic E-state index is 0.129. The lowest BCUT2D eigenvalue weighted by Gasteiger charge is -2.23. The van der Waals surface area contributed by atoms with Gasteiger partial charge in [0.1, 0.15) is 17.4 Å². The van der Waals surface area contributed by atoms with Crippen molar-refractivity contribution in [3.8, 4) is 17.3 Å². The van der Waals surface area contributed by atoms with Crippen molar-refractivity contribution in [3.05, 3.63) is 106 Å². The number of amides is 1. The summed E-state index contributed by atoms with van der Waals surface area (Å²) >= 11 is 6.06. The number of carbonyl (C=O) groups is 1. The number of aromatic nitrogens is 2. The van der Waals surface area contributed by atoms with Crippen LogP contribution in [0.4, 0.5) is 8.78 Å². The summed E-state index contributed by atoms with van der Waals surface area (Å²) in [5.41, 5.74) is 2.25. The maximum absolute atomic E-state index is 13.9. The van der Waals surface area contributed by atoms with Gasteiger partial charge in [-0.2, -0.15) is 5.10 Å². The second kappa shape index (κ2) is 11.3. The standard InChI is InChI=1S/C27H24ClF2N3O3/c1-18-25(17-32(14-15-35-2)26(34)19-6-10-21(29)11-7-19)27(36-24-5-3-4-22(30)16-24)33(31-18)23-12-8-20(28)9-13-23/h3-13,16H,14-15,17H2,1-2H3. The number of aryl methyl sites for hydroxylation is 1. The van der Waals surface area contributed by atoms with Crippen LogP contribution in [0.1, 0.15) is 21.6 Å². The molecule has 4 rings (SSSR count). The van der Waals surface area contributed by atoms with Gasteiger partial charge in [-0.1, -0.05) is 17.7 Å². The van der Waals surface area contributed by atoms with E-state index in [9.17, 15) is 13.6 Å². The third-order valence-corrected chi connectivity index (χ3v) is 5.76. The van der Waals surface area contributed by atoms with Crippen molar-refractivity contribution in [1.82, 2.24) is 14.7 Å². The monoisotopic (exact) mass is 511 g/mol. The second-order valence-corrected chi connectivity index (χ2v) is 8.48. The number of methoxy groups -OCH3 is 1. The molecule has 0 aliphatic rings. The average Bonchev–Trinajstić information content (AvgIpc) is 3.16. The normalized spacial score (nSPS) is 10.9. The fourth-order valence-corrected chi connectivity index (χ4v) is 3.77. The Labute approximate surface area is 212 Å².